The summed E-state index contributed by atoms with van der Waals surface area (Å²) in [4.78, 5) is 7.15. The summed E-state index contributed by atoms with van der Waals surface area (Å²) in [6.07, 6.45) is 7.80. The van der Waals surface area contributed by atoms with Gasteiger partial charge in [-0.1, -0.05) is 29.8 Å². The van der Waals surface area contributed by atoms with Crippen molar-refractivity contribution in [1.29, 1.82) is 0 Å². The average molecular weight is 439 g/mol. The first-order valence-electron chi connectivity index (χ1n) is 11.2. The number of aromatic nitrogens is 2. The summed E-state index contributed by atoms with van der Waals surface area (Å²) in [7, 11) is 0. The predicted octanol–water partition coefficient (Wildman–Crippen LogP) is 5.28. The molecule has 1 saturated heterocycles. The molecule has 0 radical (unpaired) electrons. The highest BCUT2D eigenvalue weighted by molar-refractivity contribution is 6.30. The first kappa shape index (κ1) is 20.7. The van der Waals surface area contributed by atoms with Gasteiger partial charge in [0.2, 0.25) is 0 Å². The van der Waals surface area contributed by atoms with Crippen LogP contribution in [-0.4, -0.2) is 46.7 Å². The molecule has 1 aromatic heterocycles. The maximum atomic E-state index is 14.5. The third-order valence-corrected chi connectivity index (χ3v) is 7.04. The molecule has 1 unspecified atom stereocenters. The molecule has 6 heteroatoms. The number of nitrogens with zero attached hydrogens (tertiary/aromatic N) is 3. The van der Waals surface area contributed by atoms with Crippen molar-refractivity contribution in [3.05, 3.63) is 70.8 Å². The van der Waals surface area contributed by atoms with Crippen LogP contribution in [-0.2, 0) is 0 Å². The zero-order chi connectivity index (χ0) is 21.4. The van der Waals surface area contributed by atoms with Gasteiger partial charge in [-0.15, -0.1) is 0 Å². The Kier molecular flexibility index (Phi) is 5.83. The van der Waals surface area contributed by atoms with Gasteiger partial charge >= 0.3 is 0 Å². The summed E-state index contributed by atoms with van der Waals surface area (Å²) in [6, 6.07) is 11.8. The molecule has 0 bridgehead atoms. The Hall–Kier alpha value is -2.21. The predicted molar refractivity (Wildman–Crippen MR) is 125 cm³/mol. The zero-order valence-electron chi connectivity index (χ0n) is 17.8. The summed E-state index contributed by atoms with van der Waals surface area (Å²) in [5.74, 6) is -0.287. The Bertz CT molecular complexity index is 1120. The van der Waals surface area contributed by atoms with E-state index in [4.69, 9.17) is 11.6 Å². The molecule has 2 aromatic carbocycles. The SMILES string of the molecule is C[C@H](c1ccc(Cl)cc1F)n1cnc2ccc(C3=CCN(C4CCCNC4)CC3)cc21. The first-order valence-corrected chi connectivity index (χ1v) is 11.5. The monoisotopic (exact) mass is 438 g/mol. The number of hydrogen-bond acceptors (Lipinski definition) is 3. The van der Waals surface area contributed by atoms with E-state index >= 15 is 0 Å². The molecule has 0 amide bonds. The molecule has 162 valence electrons. The van der Waals surface area contributed by atoms with Crippen LogP contribution >= 0.6 is 11.6 Å². The Morgan fingerprint density at radius 3 is 2.87 bits per heavy atom. The molecule has 4 nitrogen and oxygen atoms in total. The number of imidazole rings is 1. The average Bonchev–Trinajstić information content (AvgIpc) is 3.23. The van der Waals surface area contributed by atoms with E-state index in [1.165, 1.54) is 30.0 Å². The molecule has 2 aliphatic heterocycles. The van der Waals surface area contributed by atoms with Gasteiger partial charge in [0.05, 0.1) is 23.4 Å². The molecule has 1 fully saturated rings. The van der Waals surface area contributed by atoms with Crippen molar-refractivity contribution in [2.45, 2.75) is 38.3 Å². The molecule has 3 aromatic rings. The van der Waals surface area contributed by atoms with E-state index in [1.54, 1.807) is 18.5 Å². The van der Waals surface area contributed by atoms with Crippen LogP contribution in [0.25, 0.3) is 16.6 Å². The summed E-state index contributed by atoms with van der Waals surface area (Å²) < 4.78 is 16.6. The quantitative estimate of drug-likeness (QED) is 0.601. The summed E-state index contributed by atoms with van der Waals surface area (Å²) in [6.45, 7) is 6.36. The van der Waals surface area contributed by atoms with Crippen LogP contribution in [0.4, 0.5) is 4.39 Å². The minimum atomic E-state index is -0.287. The summed E-state index contributed by atoms with van der Waals surface area (Å²) in [5, 5.41) is 3.93. The Labute approximate surface area is 187 Å². The lowest BCUT2D eigenvalue weighted by Gasteiger charge is -2.36. The molecule has 2 aliphatic rings. The Morgan fingerprint density at radius 2 is 2.13 bits per heavy atom. The first-order chi connectivity index (χ1) is 15.1. The van der Waals surface area contributed by atoms with Crippen LogP contribution in [0.2, 0.25) is 5.02 Å². The zero-order valence-corrected chi connectivity index (χ0v) is 18.6. The number of nitrogens with one attached hydrogen (secondary N) is 1. The number of hydrogen-bond donors (Lipinski definition) is 1. The number of piperidine rings is 1. The molecule has 0 saturated carbocycles. The minimum absolute atomic E-state index is 0.174. The van der Waals surface area contributed by atoms with E-state index in [0.717, 1.165) is 43.6 Å². The highest BCUT2D eigenvalue weighted by Crippen LogP contribution is 2.30. The van der Waals surface area contributed by atoms with Gasteiger partial charge in [0.15, 0.2) is 0 Å². The minimum Gasteiger partial charge on any atom is -0.323 e. The van der Waals surface area contributed by atoms with Crippen LogP contribution in [0.1, 0.15) is 43.4 Å². The fourth-order valence-electron chi connectivity index (χ4n) is 4.95. The van der Waals surface area contributed by atoms with E-state index in [9.17, 15) is 4.39 Å². The lowest BCUT2D eigenvalue weighted by atomic mass is 9.96. The smallest absolute Gasteiger partial charge is 0.129 e. The van der Waals surface area contributed by atoms with Gasteiger partial charge < -0.3 is 9.88 Å². The van der Waals surface area contributed by atoms with Gasteiger partial charge in [0.25, 0.3) is 0 Å². The third-order valence-electron chi connectivity index (χ3n) is 6.80. The van der Waals surface area contributed by atoms with Crippen molar-refractivity contribution >= 4 is 28.2 Å². The van der Waals surface area contributed by atoms with Crippen molar-refractivity contribution in [2.24, 2.45) is 0 Å². The highest BCUT2D eigenvalue weighted by atomic mass is 35.5. The number of benzene rings is 2. The van der Waals surface area contributed by atoms with Gasteiger partial charge in [0, 0.05) is 36.3 Å². The van der Waals surface area contributed by atoms with Gasteiger partial charge in [-0.25, -0.2) is 9.37 Å². The fraction of sp³-hybridized carbons (Fsp3) is 0.400. The molecule has 0 spiro atoms. The third kappa shape index (κ3) is 4.14. The van der Waals surface area contributed by atoms with Crippen LogP contribution in [0.3, 0.4) is 0 Å². The van der Waals surface area contributed by atoms with E-state index < -0.39 is 0 Å². The van der Waals surface area contributed by atoms with E-state index in [1.807, 2.05) is 6.92 Å². The normalized spacial score (nSPS) is 21.3. The topological polar surface area (TPSA) is 33.1 Å². The number of rotatable bonds is 4. The molecule has 2 atom stereocenters. The maximum absolute atomic E-state index is 14.5. The number of fused-ring (bicyclic) bond motifs is 1. The van der Waals surface area contributed by atoms with Crippen molar-refractivity contribution in [1.82, 2.24) is 19.8 Å². The van der Waals surface area contributed by atoms with Crippen molar-refractivity contribution < 1.29 is 4.39 Å². The van der Waals surface area contributed by atoms with Gasteiger partial charge in [-0.3, -0.25) is 4.90 Å². The van der Waals surface area contributed by atoms with Gasteiger partial charge in [-0.2, -0.15) is 0 Å². The van der Waals surface area contributed by atoms with E-state index in [-0.39, 0.29) is 11.9 Å². The van der Waals surface area contributed by atoms with Gasteiger partial charge in [0.1, 0.15) is 5.82 Å². The lowest BCUT2D eigenvalue weighted by Crippen LogP contribution is -2.47. The second kappa shape index (κ2) is 8.73. The largest absolute Gasteiger partial charge is 0.323 e. The molecule has 5 rings (SSSR count). The highest BCUT2D eigenvalue weighted by Gasteiger charge is 2.23. The van der Waals surface area contributed by atoms with Crippen molar-refractivity contribution in [2.75, 3.05) is 26.2 Å². The van der Waals surface area contributed by atoms with E-state index in [2.05, 4.69) is 44.0 Å². The summed E-state index contributed by atoms with van der Waals surface area (Å²) >= 11 is 5.94. The van der Waals surface area contributed by atoms with Crippen molar-refractivity contribution in [3.63, 3.8) is 0 Å². The van der Waals surface area contributed by atoms with Crippen LogP contribution < -0.4 is 5.32 Å². The van der Waals surface area contributed by atoms with Gasteiger partial charge in [-0.05, 0) is 68.1 Å². The van der Waals surface area contributed by atoms with Crippen LogP contribution in [0.15, 0.2) is 48.8 Å². The molecule has 31 heavy (non-hydrogen) atoms. The molecular formula is C25H28ClFN4. The Balaban J connectivity index is 1.41. The molecule has 1 N–H and O–H groups in total. The second-order valence-electron chi connectivity index (χ2n) is 8.67. The molecular weight excluding hydrogens is 411 g/mol. The van der Waals surface area contributed by atoms with Crippen LogP contribution in [0, 0.1) is 5.82 Å². The molecule has 3 heterocycles. The Morgan fingerprint density at radius 1 is 1.23 bits per heavy atom. The number of halogens is 2. The molecule has 0 aliphatic carbocycles. The lowest BCUT2D eigenvalue weighted by molar-refractivity contribution is 0.182. The van der Waals surface area contributed by atoms with Crippen LogP contribution in [0.5, 0.6) is 0 Å². The fourth-order valence-corrected chi connectivity index (χ4v) is 5.11. The standard InChI is InChI=1S/C25H28ClFN4/c1-17(22-6-5-20(26)14-23(22)27)31-16-29-24-7-4-19(13-25(24)31)18-8-11-30(12-9-18)21-3-2-10-28-15-21/h4-8,13-14,16-17,21,28H,2-3,9-12,15H2,1H3/t17-,21?/m1/s1. The van der Waals surface area contributed by atoms with E-state index in [0.29, 0.717) is 16.6 Å². The maximum Gasteiger partial charge on any atom is 0.129 e. The second-order valence-corrected chi connectivity index (χ2v) is 9.11. The summed E-state index contributed by atoms with van der Waals surface area (Å²) in [5.41, 5.74) is 5.19. The van der Waals surface area contributed by atoms with Crippen molar-refractivity contribution in [3.8, 4) is 0 Å².